The number of halogens is 3. The minimum absolute atomic E-state index is 0.0455. The number of carbonyl (C=O) groups is 1. The first-order valence-corrected chi connectivity index (χ1v) is 11.1. The molecule has 2 N–H and O–H groups in total. The lowest BCUT2D eigenvalue weighted by atomic mass is 9.99. The molecule has 32 heavy (non-hydrogen) atoms. The number of nitrogens with one attached hydrogen (secondary N) is 2. The zero-order chi connectivity index (χ0) is 22.9. The Hall–Kier alpha value is -2.95. The molecule has 3 aromatic rings. The zero-order valence-electron chi connectivity index (χ0n) is 17.7. The van der Waals surface area contributed by atoms with E-state index in [0.29, 0.717) is 35.8 Å². The number of alkyl halides is 3. The number of fused-ring (bicyclic) bond motifs is 1. The normalized spacial score (nSPS) is 15.2. The van der Waals surface area contributed by atoms with E-state index in [9.17, 15) is 18.0 Å². The summed E-state index contributed by atoms with van der Waals surface area (Å²) in [6.07, 6.45) is -1.21. The second-order valence-electron chi connectivity index (χ2n) is 7.94. The van der Waals surface area contributed by atoms with Crippen LogP contribution >= 0.6 is 11.3 Å². The molecule has 4 heterocycles. The number of urea groups is 1. The largest absolute Gasteiger partial charge is 0.433 e. The van der Waals surface area contributed by atoms with Gasteiger partial charge in [-0.05, 0) is 37.8 Å². The molecular weight excluding hydrogens is 441 g/mol. The van der Waals surface area contributed by atoms with E-state index in [1.165, 1.54) is 17.4 Å². The van der Waals surface area contributed by atoms with Gasteiger partial charge in [0.2, 0.25) is 0 Å². The summed E-state index contributed by atoms with van der Waals surface area (Å²) in [6.45, 7) is 5.32. The summed E-state index contributed by atoms with van der Waals surface area (Å²) in [5, 5.41) is 6.27. The van der Waals surface area contributed by atoms with Crippen molar-refractivity contribution >= 4 is 39.2 Å². The number of amides is 2. The number of aryl methyl sites for hydroxylation is 1. The molecule has 4 rings (SSSR count). The Morgan fingerprint density at radius 2 is 2.00 bits per heavy atom. The van der Waals surface area contributed by atoms with Crippen LogP contribution < -0.4 is 15.5 Å². The van der Waals surface area contributed by atoms with E-state index in [1.54, 1.807) is 12.3 Å². The molecular formula is C21H23F3N6OS. The Labute approximate surface area is 187 Å². The summed E-state index contributed by atoms with van der Waals surface area (Å²) < 4.78 is 39.7. The highest BCUT2D eigenvalue weighted by atomic mass is 32.1. The van der Waals surface area contributed by atoms with Crippen LogP contribution in [0.2, 0.25) is 0 Å². The van der Waals surface area contributed by atoms with E-state index in [1.807, 2.05) is 11.8 Å². The highest BCUT2D eigenvalue weighted by molar-refractivity contribution is 7.18. The van der Waals surface area contributed by atoms with Crippen LogP contribution in [-0.4, -0.2) is 34.1 Å². The van der Waals surface area contributed by atoms with Gasteiger partial charge < -0.3 is 15.5 Å². The second kappa shape index (κ2) is 8.89. The number of nitrogens with zero attached hydrogens (tertiary/aromatic N) is 4. The first-order valence-electron chi connectivity index (χ1n) is 10.3. The number of hydrogen-bond acceptors (Lipinski definition) is 6. The molecule has 0 saturated carbocycles. The molecule has 0 atom stereocenters. The van der Waals surface area contributed by atoms with Crippen molar-refractivity contribution in [1.29, 1.82) is 0 Å². The van der Waals surface area contributed by atoms with Crippen molar-refractivity contribution in [2.75, 3.05) is 23.3 Å². The van der Waals surface area contributed by atoms with Crippen molar-refractivity contribution in [1.82, 2.24) is 20.3 Å². The molecule has 0 spiro atoms. The molecule has 3 aromatic heterocycles. The molecule has 0 aliphatic carbocycles. The third-order valence-corrected chi connectivity index (χ3v) is 6.28. The molecule has 0 radical (unpaired) electrons. The predicted octanol–water partition coefficient (Wildman–Crippen LogP) is 4.97. The van der Waals surface area contributed by atoms with Gasteiger partial charge in [0.05, 0.1) is 16.9 Å². The Kier molecular flexibility index (Phi) is 6.18. The standard InChI is InChI=1S/C21H23F3N6OS/c1-12-5-7-30(8-6-12)18-14(3-4-17(29-18)21(22,23)24)10-26-20(31)28-15-9-16-19(25-11-15)32-13(2)27-16/h3-4,9,11-12H,5-8,10H2,1-2H3,(H2,26,28,31). The van der Waals surface area contributed by atoms with Gasteiger partial charge in [0.25, 0.3) is 0 Å². The van der Waals surface area contributed by atoms with Crippen LogP contribution in [0.1, 0.15) is 36.0 Å². The van der Waals surface area contributed by atoms with Crippen LogP contribution in [0, 0.1) is 12.8 Å². The van der Waals surface area contributed by atoms with Gasteiger partial charge in [0, 0.05) is 25.2 Å². The first kappa shape index (κ1) is 22.3. The molecule has 170 valence electrons. The highest BCUT2D eigenvalue weighted by Gasteiger charge is 2.34. The SMILES string of the molecule is Cc1nc2cc(NC(=O)NCc3ccc(C(F)(F)F)nc3N3CCC(C)CC3)cnc2s1. The van der Waals surface area contributed by atoms with E-state index in [4.69, 9.17) is 0 Å². The minimum Gasteiger partial charge on any atom is -0.356 e. The minimum atomic E-state index is -4.53. The van der Waals surface area contributed by atoms with Gasteiger partial charge in [-0.1, -0.05) is 24.3 Å². The quantitative estimate of drug-likeness (QED) is 0.570. The third kappa shape index (κ3) is 5.09. The monoisotopic (exact) mass is 464 g/mol. The van der Waals surface area contributed by atoms with Gasteiger partial charge in [0.15, 0.2) is 0 Å². The summed E-state index contributed by atoms with van der Waals surface area (Å²) in [5.74, 6) is 0.796. The summed E-state index contributed by atoms with van der Waals surface area (Å²) in [4.78, 5) is 27.6. The summed E-state index contributed by atoms with van der Waals surface area (Å²) in [6, 6.07) is 3.57. The fraction of sp³-hybridized carbons (Fsp3) is 0.429. The maximum absolute atomic E-state index is 13.2. The van der Waals surface area contributed by atoms with Gasteiger partial charge in [-0.15, -0.1) is 0 Å². The van der Waals surface area contributed by atoms with Gasteiger partial charge in [-0.2, -0.15) is 13.2 Å². The van der Waals surface area contributed by atoms with Gasteiger partial charge in [-0.25, -0.2) is 19.7 Å². The Bertz CT molecular complexity index is 1120. The Morgan fingerprint density at radius 3 is 2.72 bits per heavy atom. The van der Waals surface area contributed by atoms with Crippen molar-refractivity contribution in [3.8, 4) is 0 Å². The maximum Gasteiger partial charge on any atom is 0.433 e. The lowest BCUT2D eigenvalue weighted by Crippen LogP contribution is -2.35. The van der Waals surface area contributed by atoms with Crippen molar-refractivity contribution < 1.29 is 18.0 Å². The lowest BCUT2D eigenvalue weighted by Gasteiger charge is -2.33. The zero-order valence-corrected chi connectivity index (χ0v) is 18.5. The fourth-order valence-corrected chi connectivity index (χ4v) is 4.36. The Balaban J connectivity index is 1.47. The molecule has 1 aliphatic rings. The van der Waals surface area contributed by atoms with E-state index < -0.39 is 17.9 Å². The van der Waals surface area contributed by atoms with E-state index in [0.717, 1.165) is 28.7 Å². The molecule has 0 aromatic carbocycles. The van der Waals surface area contributed by atoms with Crippen LogP contribution in [0.5, 0.6) is 0 Å². The van der Waals surface area contributed by atoms with Crippen LogP contribution in [-0.2, 0) is 12.7 Å². The van der Waals surface area contributed by atoms with Crippen LogP contribution in [0.15, 0.2) is 24.4 Å². The average molecular weight is 465 g/mol. The van der Waals surface area contributed by atoms with Gasteiger partial charge >= 0.3 is 12.2 Å². The number of aromatic nitrogens is 3. The highest BCUT2D eigenvalue weighted by Crippen LogP contribution is 2.32. The molecule has 11 heteroatoms. The van der Waals surface area contributed by atoms with Crippen LogP contribution in [0.4, 0.5) is 29.5 Å². The second-order valence-corrected chi connectivity index (χ2v) is 9.12. The van der Waals surface area contributed by atoms with Crippen molar-refractivity contribution in [2.24, 2.45) is 5.92 Å². The molecule has 7 nitrogen and oxygen atoms in total. The molecule has 1 fully saturated rings. The third-order valence-electron chi connectivity index (χ3n) is 5.38. The van der Waals surface area contributed by atoms with E-state index in [-0.39, 0.29) is 12.4 Å². The first-order chi connectivity index (χ1) is 15.2. The summed E-state index contributed by atoms with van der Waals surface area (Å²) in [5.41, 5.74) is 0.776. The number of piperidine rings is 1. The van der Waals surface area contributed by atoms with Gasteiger partial charge in [0.1, 0.15) is 21.9 Å². The fourth-order valence-electron chi connectivity index (χ4n) is 3.62. The summed E-state index contributed by atoms with van der Waals surface area (Å²) >= 11 is 1.46. The van der Waals surface area contributed by atoms with E-state index >= 15 is 0 Å². The number of carbonyl (C=O) groups excluding carboxylic acids is 1. The smallest absolute Gasteiger partial charge is 0.356 e. The molecule has 1 saturated heterocycles. The molecule has 2 amide bonds. The predicted molar refractivity (Wildman–Crippen MR) is 118 cm³/mol. The summed E-state index contributed by atoms with van der Waals surface area (Å²) in [7, 11) is 0. The lowest BCUT2D eigenvalue weighted by molar-refractivity contribution is -0.141. The number of anilines is 2. The van der Waals surface area contributed by atoms with Crippen molar-refractivity contribution in [3.63, 3.8) is 0 Å². The topological polar surface area (TPSA) is 83.0 Å². The average Bonchev–Trinajstić information content (AvgIpc) is 3.11. The maximum atomic E-state index is 13.2. The van der Waals surface area contributed by atoms with Crippen molar-refractivity contribution in [2.45, 2.75) is 39.4 Å². The van der Waals surface area contributed by atoms with Crippen molar-refractivity contribution in [3.05, 3.63) is 40.7 Å². The Morgan fingerprint density at radius 1 is 1.25 bits per heavy atom. The number of rotatable bonds is 4. The van der Waals surface area contributed by atoms with E-state index in [2.05, 4.69) is 32.5 Å². The molecule has 1 aliphatic heterocycles. The van der Waals surface area contributed by atoms with Crippen LogP contribution in [0.25, 0.3) is 10.3 Å². The number of thiazole rings is 1. The van der Waals surface area contributed by atoms with Gasteiger partial charge in [-0.3, -0.25) is 0 Å². The number of pyridine rings is 2. The molecule has 0 bridgehead atoms. The number of hydrogen-bond donors (Lipinski definition) is 2. The molecule has 0 unspecified atom stereocenters. The van der Waals surface area contributed by atoms with Crippen LogP contribution in [0.3, 0.4) is 0 Å².